The van der Waals surface area contributed by atoms with Gasteiger partial charge in [0.25, 0.3) is 11.1 Å². The van der Waals surface area contributed by atoms with Gasteiger partial charge in [0.2, 0.25) is 0 Å². The zero-order valence-electron chi connectivity index (χ0n) is 19.4. The molecule has 0 saturated carbocycles. The lowest BCUT2D eigenvalue weighted by atomic mass is 10.1. The van der Waals surface area contributed by atoms with E-state index in [0.717, 1.165) is 43.4 Å². The van der Waals surface area contributed by atoms with Gasteiger partial charge in [-0.1, -0.05) is 51.8 Å². The molecule has 8 heteroatoms. The molecule has 0 bridgehead atoms. The highest BCUT2D eigenvalue weighted by Crippen LogP contribution is 2.35. The van der Waals surface area contributed by atoms with Gasteiger partial charge in [0.15, 0.2) is 0 Å². The predicted octanol–water partition coefficient (Wildman–Crippen LogP) is 7.17. The Bertz CT molecular complexity index is 1500. The van der Waals surface area contributed by atoms with Crippen LogP contribution in [-0.4, -0.2) is 27.2 Å². The number of hydrogen-bond donors (Lipinski definition) is 0. The number of ether oxygens (including phenoxy) is 1. The third-order valence-corrected chi connectivity index (χ3v) is 7.34. The van der Waals surface area contributed by atoms with Crippen LogP contribution >= 0.6 is 27.7 Å². The van der Waals surface area contributed by atoms with Crippen molar-refractivity contribution in [2.45, 2.75) is 20.0 Å². The minimum Gasteiger partial charge on any atom is -0.492 e. The standard InChI is InChI=1S/C28H22BrFN2O3S/c1-18-6-9-22(10-7-18)35-13-12-31-16-20(23-15-21(29)8-11-25(23)31)14-26-27(33)32(28(34)36-26)17-19-4-2-3-5-24(19)30/h2-11,14-16H,12-13,17H2,1H3/b26-14-. The number of nitrogens with zero attached hydrogens (tertiary/aromatic N) is 2. The number of fused-ring (bicyclic) bond motifs is 1. The van der Waals surface area contributed by atoms with E-state index in [9.17, 15) is 14.0 Å². The van der Waals surface area contributed by atoms with Crippen LogP contribution in [0.15, 0.2) is 82.3 Å². The van der Waals surface area contributed by atoms with E-state index in [1.807, 2.05) is 55.6 Å². The number of thioether (sulfide) groups is 1. The molecular formula is C28H22BrFN2O3S. The maximum absolute atomic E-state index is 14.1. The molecule has 5 nitrogen and oxygen atoms in total. The molecule has 1 aliphatic rings. The summed E-state index contributed by atoms with van der Waals surface area (Å²) < 4.78 is 23.0. The van der Waals surface area contributed by atoms with Gasteiger partial charge in [-0.2, -0.15) is 0 Å². The lowest BCUT2D eigenvalue weighted by molar-refractivity contribution is -0.123. The monoisotopic (exact) mass is 564 g/mol. The Morgan fingerprint density at radius 3 is 2.61 bits per heavy atom. The smallest absolute Gasteiger partial charge is 0.293 e. The van der Waals surface area contributed by atoms with Gasteiger partial charge in [0.05, 0.1) is 18.0 Å². The predicted molar refractivity (Wildman–Crippen MR) is 144 cm³/mol. The molecule has 1 aromatic heterocycles. The Kier molecular flexibility index (Phi) is 6.98. The molecular weight excluding hydrogens is 543 g/mol. The lowest BCUT2D eigenvalue weighted by Crippen LogP contribution is -2.27. The number of amides is 2. The third kappa shape index (κ3) is 5.10. The van der Waals surface area contributed by atoms with Crippen LogP contribution < -0.4 is 4.74 Å². The number of hydrogen-bond acceptors (Lipinski definition) is 4. The number of carbonyl (C=O) groups is 2. The number of benzene rings is 3. The second-order valence-electron chi connectivity index (χ2n) is 8.46. The molecule has 182 valence electrons. The molecule has 1 saturated heterocycles. The molecule has 0 unspecified atom stereocenters. The number of rotatable bonds is 7. The molecule has 0 spiro atoms. The van der Waals surface area contributed by atoms with E-state index in [1.165, 1.54) is 11.6 Å². The van der Waals surface area contributed by atoms with Crippen LogP contribution in [0.1, 0.15) is 16.7 Å². The van der Waals surface area contributed by atoms with Crippen molar-refractivity contribution in [3.05, 3.63) is 105 Å². The quantitative estimate of drug-likeness (QED) is 0.223. The van der Waals surface area contributed by atoms with E-state index in [-0.39, 0.29) is 6.54 Å². The van der Waals surface area contributed by atoms with Gasteiger partial charge in [-0.25, -0.2) is 4.39 Å². The largest absolute Gasteiger partial charge is 0.492 e. The molecule has 0 atom stereocenters. The molecule has 2 heterocycles. The topological polar surface area (TPSA) is 51.5 Å². The second-order valence-corrected chi connectivity index (χ2v) is 10.4. The highest BCUT2D eigenvalue weighted by Gasteiger charge is 2.35. The normalized spacial score (nSPS) is 14.9. The SMILES string of the molecule is Cc1ccc(OCCn2cc(/C=C3\SC(=O)N(Cc4ccccc4F)C3=O)c3cc(Br)ccc32)cc1. The molecule has 2 amide bonds. The van der Waals surface area contributed by atoms with Crippen molar-refractivity contribution in [2.75, 3.05) is 6.61 Å². The average molecular weight is 565 g/mol. The summed E-state index contributed by atoms with van der Waals surface area (Å²) in [5, 5.41) is 0.534. The first-order chi connectivity index (χ1) is 17.4. The molecule has 3 aromatic carbocycles. The van der Waals surface area contributed by atoms with Gasteiger partial charge in [-0.05, 0) is 61.2 Å². The second kappa shape index (κ2) is 10.3. The van der Waals surface area contributed by atoms with Crippen molar-refractivity contribution in [3.8, 4) is 5.75 Å². The van der Waals surface area contributed by atoms with E-state index < -0.39 is 17.0 Å². The molecule has 0 radical (unpaired) electrons. The van der Waals surface area contributed by atoms with E-state index in [2.05, 4.69) is 20.5 Å². The van der Waals surface area contributed by atoms with Crippen molar-refractivity contribution < 1.29 is 18.7 Å². The first-order valence-corrected chi connectivity index (χ1v) is 13.0. The Morgan fingerprint density at radius 2 is 1.83 bits per heavy atom. The van der Waals surface area contributed by atoms with E-state index >= 15 is 0 Å². The maximum atomic E-state index is 14.1. The molecule has 0 N–H and O–H groups in total. The summed E-state index contributed by atoms with van der Waals surface area (Å²) in [6.45, 7) is 3.01. The zero-order valence-corrected chi connectivity index (χ0v) is 21.8. The summed E-state index contributed by atoms with van der Waals surface area (Å²) in [6.07, 6.45) is 3.69. The molecule has 0 aliphatic carbocycles. The molecule has 4 aromatic rings. The maximum Gasteiger partial charge on any atom is 0.293 e. The van der Waals surface area contributed by atoms with Crippen molar-refractivity contribution in [1.82, 2.24) is 9.47 Å². The van der Waals surface area contributed by atoms with E-state index in [0.29, 0.717) is 23.6 Å². The summed E-state index contributed by atoms with van der Waals surface area (Å²) in [4.78, 5) is 27.0. The zero-order chi connectivity index (χ0) is 25.2. The number of carbonyl (C=O) groups excluding carboxylic acids is 2. The van der Waals surface area contributed by atoms with Crippen LogP contribution in [0.3, 0.4) is 0 Å². The molecule has 1 fully saturated rings. The summed E-state index contributed by atoms with van der Waals surface area (Å²) >= 11 is 4.40. The summed E-state index contributed by atoms with van der Waals surface area (Å²) in [5.74, 6) is -0.0586. The lowest BCUT2D eigenvalue weighted by Gasteiger charge is -2.12. The van der Waals surface area contributed by atoms with Gasteiger partial charge in [-0.3, -0.25) is 14.5 Å². The number of aryl methyl sites for hydroxylation is 1. The molecule has 36 heavy (non-hydrogen) atoms. The van der Waals surface area contributed by atoms with Gasteiger partial charge >= 0.3 is 0 Å². The first kappa shape index (κ1) is 24.3. The van der Waals surface area contributed by atoms with Gasteiger partial charge < -0.3 is 9.30 Å². The van der Waals surface area contributed by atoms with Crippen LogP contribution in [0.5, 0.6) is 5.75 Å². The minimum absolute atomic E-state index is 0.0989. The Hall–Kier alpha value is -3.36. The average Bonchev–Trinajstić information content (AvgIpc) is 3.33. The molecule has 1 aliphatic heterocycles. The summed E-state index contributed by atoms with van der Waals surface area (Å²) in [7, 11) is 0. The number of halogens is 2. The van der Waals surface area contributed by atoms with Crippen LogP contribution in [0, 0.1) is 12.7 Å². The van der Waals surface area contributed by atoms with Gasteiger partial charge in [-0.15, -0.1) is 0 Å². The van der Waals surface area contributed by atoms with Crippen LogP contribution in [0.2, 0.25) is 0 Å². The Labute approximate surface area is 220 Å². The Morgan fingerprint density at radius 1 is 1.06 bits per heavy atom. The number of aromatic nitrogens is 1. The van der Waals surface area contributed by atoms with E-state index in [1.54, 1.807) is 24.3 Å². The van der Waals surface area contributed by atoms with Crippen LogP contribution in [-0.2, 0) is 17.9 Å². The fourth-order valence-corrected chi connectivity index (χ4v) is 5.26. The van der Waals surface area contributed by atoms with Gasteiger partial charge in [0.1, 0.15) is 18.2 Å². The van der Waals surface area contributed by atoms with Crippen molar-refractivity contribution in [3.63, 3.8) is 0 Å². The third-order valence-electron chi connectivity index (χ3n) is 5.94. The van der Waals surface area contributed by atoms with Crippen molar-refractivity contribution in [1.29, 1.82) is 0 Å². The summed E-state index contributed by atoms with van der Waals surface area (Å²) in [6, 6.07) is 20.0. The molecule has 5 rings (SSSR count). The van der Waals surface area contributed by atoms with E-state index in [4.69, 9.17) is 4.74 Å². The fraction of sp³-hybridized carbons (Fsp3) is 0.143. The fourth-order valence-electron chi connectivity index (χ4n) is 4.07. The number of imide groups is 1. The minimum atomic E-state index is -0.443. The van der Waals surface area contributed by atoms with Crippen molar-refractivity contribution >= 4 is 55.8 Å². The highest BCUT2D eigenvalue weighted by atomic mass is 79.9. The summed E-state index contributed by atoms with van der Waals surface area (Å²) in [5.41, 5.74) is 3.28. The van der Waals surface area contributed by atoms with Crippen LogP contribution in [0.25, 0.3) is 17.0 Å². The first-order valence-electron chi connectivity index (χ1n) is 11.4. The highest BCUT2D eigenvalue weighted by molar-refractivity contribution is 9.10. The van der Waals surface area contributed by atoms with Crippen molar-refractivity contribution in [2.24, 2.45) is 0 Å². The van der Waals surface area contributed by atoms with Crippen LogP contribution in [0.4, 0.5) is 9.18 Å². The Balaban J connectivity index is 1.39. The van der Waals surface area contributed by atoms with Gasteiger partial charge in [0, 0.05) is 32.7 Å².